The van der Waals surface area contributed by atoms with Crippen molar-refractivity contribution < 1.29 is 0 Å². The molecule has 1 heteroatoms. The van der Waals surface area contributed by atoms with Crippen molar-refractivity contribution in [3.05, 3.63) is 72.3 Å². The summed E-state index contributed by atoms with van der Waals surface area (Å²) in [6.45, 7) is 2.17. The number of benzene rings is 3. The summed E-state index contributed by atoms with van der Waals surface area (Å²) >= 11 is 0. The number of hydrogen-bond donors (Lipinski definition) is 1. The molecule has 0 spiro atoms. The zero-order chi connectivity index (χ0) is 13.1. The van der Waals surface area contributed by atoms with Gasteiger partial charge in [-0.25, -0.2) is 0 Å². The molecule has 0 heterocycles. The standard InChI is InChI=1S/C18H17N/c1-2-14-7-10-17(11-8-14)19-18-12-9-15-5-3-4-6-16(15)13-18/h3-13,19H,2H2,1H3. The van der Waals surface area contributed by atoms with Gasteiger partial charge in [0.25, 0.3) is 0 Å². The lowest BCUT2D eigenvalue weighted by molar-refractivity contribution is 1.14. The molecule has 0 aliphatic carbocycles. The predicted octanol–water partition coefficient (Wildman–Crippen LogP) is 5.15. The maximum atomic E-state index is 3.45. The van der Waals surface area contributed by atoms with Crippen molar-refractivity contribution in [3.63, 3.8) is 0 Å². The van der Waals surface area contributed by atoms with E-state index in [1.165, 1.54) is 16.3 Å². The van der Waals surface area contributed by atoms with Gasteiger partial charge in [0, 0.05) is 11.4 Å². The van der Waals surface area contributed by atoms with Gasteiger partial charge in [-0.2, -0.15) is 0 Å². The molecule has 1 nitrogen and oxygen atoms in total. The average Bonchev–Trinajstić information content (AvgIpc) is 2.48. The minimum Gasteiger partial charge on any atom is -0.356 e. The lowest BCUT2D eigenvalue weighted by Gasteiger charge is -2.08. The summed E-state index contributed by atoms with van der Waals surface area (Å²) in [4.78, 5) is 0. The van der Waals surface area contributed by atoms with Crippen LogP contribution < -0.4 is 5.32 Å². The molecule has 3 rings (SSSR count). The summed E-state index contributed by atoms with van der Waals surface area (Å²) in [5.74, 6) is 0. The summed E-state index contributed by atoms with van der Waals surface area (Å²) < 4.78 is 0. The molecule has 0 radical (unpaired) electrons. The van der Waals surface area contributed by atoms with E-state index in [-0.39, 0.29) is 0 Å². The Labute approximate surface area is 113 Å². The summed E-state index contributed by atoms with van der Waals surface area (Å²) in [7, 11) is 0. The van der Waals surface area contributed by atoms with Gasteiger partial charge in [-0.1, -0.05) is 49.4 Å². The maximum Gasteiger partial charge on any atom is 0.0390 e. The number of aryl methyl sites for hydroxylation is 1. The van der Waals surface area contributed by atoms with Gasteiger partial charge in [-0.3, -0.25) is 0 Å². The van der Waals surface area contributed by atoms with Gasteiger partial charge in [0.05, 0.1) is 0 Å². The van der Waals surface area contributed by atoms with E-state index >= 15 is 0 Å². The lowest BCUT2D eigenvalue weighted by atomic mass is 10.1. The highest BCUT2D eigenvalue weighted by Gasteiger charge is 1.97. The predicted molar refractivity (Wildman–Crippen MR) is 83.1 cm³/mol. The van der Waals surface area contributed by atoms with Crippen molar-refractivity contribution >= 4 is 22.1 Å². The second-order valence-corrected chi connectivity index (χ2v) is 4.74. The molecule has 0 aromatic heterocycles. The Morgan fingerprint density at radius 2 is 1.42 bits per heavy atom. The van der Waals surface area contributed by atoms with Gasteiger partial charge in [0.2, 0.25) is 0 Å². The highest BCUT2D eigenvalue weighted by molar-refractivity contribution is 5.86. The molecule has 0 saturated heterocycles. The fraction of sp³-hybridized carbons (Fsp3) is 0.111. The van der Waals surface area contributed by atoms with Crippen LogP contribution in [0.5, 0.6) is 0 Å². The topological polar surface area (TPSA) is 12.0 Å². The zero-order valence-corrected chi connectivity index (χ0v) is 11.1. The first-order valence-electron chi connectivity index (χ1n) is 6.70. The number of nitrogens with one attached hydrogen (secondary N) is 1. The van der Waals surface area contributed by atoms with Crippen LogP contribution in [0.1, 0.15) is 12.5 Å². The van der Waals surface area contributed by atoms with Crippen LogP contribution in [-0.2, 0) is 6.42 Å². The molecule has 3 aromatic carbocycles. The van der Waals surface area contributed by atoms with E-state index in [1.807, 2.05) is 0 Å². The Kier molecular flexibility index (Phi) is 3.20. The van der Waals surface area contributed by atoms with E-state index < -0.39 is 0 Å². The van der Waals surface area contributed by atoms with Gasteiger partial charge >= 0.3 is 0 Å². The van der Waals surface area contributed by atoms with Crippen LogP contribution in [0.4, 0.5) is 11.4 Å². The van der Waals surface area contributed by atoms with Crippen LogP contribution in [0.25, 0.3) is 10.8 Å². The fourth-order valence-electron chi connectivity index (χ4n) is 2.26. The fourth-order valence-corrected chi connectivity index (χ4v) is 2.26. The Bertz CT molecular complexity index is 683. The van der Waals surface area contributed by atoms with Crippen molar-refractivity contribution in [1.82, 2.24) is 0 Å². The Morgan fingerprint density at radius 1 is 0.737 bits per heavy atom. The first-order chi connectivity index (χ1) is 9.35. The second-order valence-electron chi connectivity index (χ2n) is 4.74. The van der Waals surface area contributed by atoms with E-state index in [9.17, 15) is 0 Å². The summed E-state index contributed by atoms with van der Waals surface area (Å²) in [6, 6.07) is 23.5. The molecule has 0 amide bonds. The quantitative estimate of drug-likeness (QED) is 0.675. The van der Waals surface area contributed by atoms with E-state index in [4.69, 9.17) is 0 Å². The van der Waals surface area contributed by atoms with Crippen molar-refractivity contribution in [1.29, 1.82) is 0 Å². The molecule has 1 N–H and O–H groups in total. The number of anilines is 2. The monoisotopic (exact) mass is 247 g/mol. The first-order valence-corrected chi connectivity index (χ1v) is 6.70. The molecule has 0 aliphatic rings. The Morgan fingerprint density at radius 3 is 2.16 bits per heavy atom. The summed E-state index contributed by atoms with van der Waals surface area (Å²) in [6.07, 6.45) is 1.08. The highest BCUT2D eigenvalue weighted by atomic mass is 14.9. The first kappa shape index (κ1) is 11.8. The van der Waals surface area contributed by atoms with E-state index in [0.717, 1.165) is 17.8 Å². The number of fused-ring (bicyclic) bond motifs is 1. The van der Waals surface area contributed by atoms with Gasteiger partial charge < -0.3 is 5.32 Å². The van der Waals surface area contributed by atoms with E-state index in [2.05, 4.69) is 79.0 Å². The molecule has 0 bridgehead atoms. The highest BCUT2D eigenvalue weighted by Crippen LogP contribution is 2.22. The molecule has 0 atom stereocenters. The third-order valence-electron chi connectivity index (χ3n) is 3.40. The Balaban J connectivity index is 1.87. The third kappa shape index (κ3) is 2.60. The largest absolute Gasteiger partial charge is 0.356 e. The SMILES string of the molecule is CCc1ccc(Nc2ccc3ccccc3c2)cc1. The summed E-state index contributed by atoms with van der Waals surface area (Å²) in [5, 5.41) is 5.98. The zero-order valence-electron chi connectivity index (χ0n) is 11.1. The van der Waals surface area contributed by atoms with Crippen LogP contribution in [0, 0.1) is 0 Å². The van der Waals surface area contributed by atoms with Crippen molar-refractivity contribution in [2.45, 2.75) is 13.3 Å². The summed E-state index contributed by atoms with van der Waals surface area (Å²) in [5.41, 5.74) is 3.62. The van der Waals surface area contributed by atoms with E-state index in [0.29, 0.717) is 0 Å². The normalized spacial score (nSPS) is 10.6. The molecule has 0 fully saturated rings. The van der Waals surface area contributed by atoms with Crippen LogP contribution in [-0.4, -0.2) is 0 Å². The van der Waals surface area contributed by atoms with Gasteiger partial charge in [0.15, 0.2) is 0 Å². The molecule has 0 unspecified atom stereocenters. The van der Waals surface area contributed by atoms with Crippen molar-refractivity contribution in [2.24, 2.45) is 0 Å². The van der Waals surface area contributed by atoms with Crippen molar-refractivity contribution in [3.8, 4) is 0 Å². The molecular weight excluding hydrogens is 230 g/mol. The lowest BCUT2D eigenvalue weighted by Crippen LogP contribution is -1.90. The smallest absolute Gasteiger partial charge is 0.0390 e. The van der Waals surface area contributed by atoms with Crippen LogP contribution in [0.3, 0.4) is 0 Å². The average molecular weight is 247 g/mol. The minimum absolute atomic E-state index is 1.08. The number of rotatable bonds is 3. The second kappa shape index (κ2) is 5.15. The van der Waals surface area contributed by atoms with Gasteiger partial charge in [0.1, 0.15) is 0 Å². The van der Waals surface area contributed by atoms with Gasteiger partial charge in [-0.15, -0.1) is 0 Å². The number of hydrogen-bond acceptors (Lipinski definition) is 1. The van der Waals surface area contributed by atoms with Crippen LogP contribution in [0.2, 0.25) is 0 Å². The molecule has 19 heavy (non-hydrogen) atoms. The molecule has 0 aliphatic heterocycles. The van der Waals surface area contributed by atoms with Crippen LogP contribution >= 0.6 is 0 Å². The Hall–Kier alpha value is -2.28. The molecule has 3 aromatic rings. The van der Waals surface area contributed by atoms with Gasteiger partial charge in [-0.05, 0) is 47.0 Å². The minimum atomic E-state index is 1.08. The van der Waals surface area contributed by atoms with Crippen molar-refractivity contribution in [2.75, 3.05) is 5.32 Å². The van der Waals surface area contributed by atoms with E-state index in [1.54, 1.807) is 0 Å². The molecular formula is C18H17N. The molecule has 94 valence electrons. The maximum absolute atomic E-state index is 3.45. The third-order valence-corrected chi connectivity index (χ3v) is 3.40. The van der Waals surface area contributed by atoms with Crippen LogP contribution in [0.15, 0.2) is 66.7 Å². The molecule has 0 saturated carbocycles.